The first-order valence-corrected chi connectivity index (χ1v) is 9.43. The van der Waals surface area contributed by atoms with Crippen LogP contribution < -0.4 is 5.32 Å². The van der Waals surface area contributed by atoms with E-state index >= 15 is 0 Å². The van der Waals surface area contributed by atoms with Gasteiger partial charge in [0.15, 0.2) is 0 Å². The molecule has 1 heterocycles. The summed E-state index contributed by atoms with van der Waals surface area (Å²) in [5.41, 5.74) is 0. The van der Waals surface area contributed by atoms with Gasteiger partial charge in [0.25, 0.3) is 0 Å². The van der Waals surface area contributed by atoms with Crippen molar-refractivity contribution in [2.24, 2.45) is 17.8 Å². The fourth-order valence-electron chi connectivity index (χ4n) is 2.95. The summed E-state index contributed by atoms with van der Waals surface area (Å²) < 4.78 is 27.1. The topological polar surface area (TPSA) is 49.4 Å². The van der Waals surface area contributed by atoms with Crippen molar-refractivity contribution >= 4 is 10.0 Å². The van der Waals surface area contributed by atoms with E-state index in [1.165, 1.54) is 25.7 Å². The molecule has 1 N–H and O–H groups in total. The lowest BCUT2D eigenvalue weighted by molar-refractivity contribution is 0.362. The van der Waals surface area contributed by atoms with Crippen LogP contribution in [0.2, 0.25) is 0 Å². The molecule has 4 nitrogen and oxygen atoms in total. The minimum atomic E-state index is -3.04. The molecule has 3 rings (SSSR count). The maximum absolute atomic E-state index is 12.6. The lowest BCUT2D eigenvalue weighted by Gasteiger charge is -2.27. The normalized spacial score (nSPS) is 28.8. The van der Waals surface area contributed by atoms with Crippen LogP contribution in [0.15, 0.2) is 0 Å². The van der Waals surface area contributed by atoms with E-state index in [-0.39, 0.29) is 0 Å². The van der Waals surface area contributed by atoms with Gasteiger partial charge in [0, 0.05) is 13.1 Å². The van der Waals surface area contributed by atoms with Gasteiger partial charge in [-0.25, -0.2) is 12.7 Å². The van der Waals surface area contributed by atoms with Gasteiger partial charge in [0.05, 0.1) is 5.75 Å². The van der Waals surface area contributed by atoms with Crippen LogP contribution in [0.3, 0.4) is 0 Å². The Labute approximate surface area is 117 Å². The third-order valence-electron chi connectivity index (χ3n) is 4.56. The van der Waals surface area contributed by atoms with Gasteiger partial charge in [-0.3, -0.25) is 0 Å². The van der Waals surface area contributed by atoms with Crippen molar-refractivity contribution in [3.63, 3.8) is 0 Å². The SMILES string of the molecule is O=S(=O)(CC1CCCNC1)N(CC1CC1)CC1CC1. The highest BCUT2D eigenvalue weighted by Crippen LogP contribution is 2.35. The molecular formula is C14H26N2O2S. The van der Waals surface area contributed by atoms with E-state index in [4.69, 9.17) is 0 Å². The zero-order chi connectivity index (χ0) is 13.3. The van der Waals surface area contributed by atoms with E-state index in [9.17, 15) is 8.42 Å². The van der Waals surface area contributed by atoms with Gasteiger partial charge < -0.3 is 5.32 Å². The van der Waals surface area contributed by atoms with Crippen molar-refractivity contribution in [2.75, 3.05) is 31.9 Å². The second-order valence-corrected chi connectivity index (χ2v) is 8.71. The summed E-state index contributed by atoms with van der Waals surface area (Å²) in [5, 5.41) is 3.32. The molecule has 19 heavy (non-hydrogen) atoms. The Morgan fingerprint density at radius 3 is 2.05 bits per heavy atom. The largest absolute Gasteiger partial charge is 0.316 e. The summed E-state index contributed by atoms with van der Waals surface area (Å²) in [6.45, 7) is 3.50. The second-order valence-electron chi connectivity index (χ2n) is 6.69. The van der Waals surface area contributed by atoms with Crippen LogP contribution in [-0.4, -0.2) is 44.7 Å². The second kappa shape index (κ2) is 5.70. The molecule has 1 atom stereocenters. The molecule has 0 aromatic carbocycles. The Morgan fingerprint density at radius 1 is 0.947 bits per heavy atom. The number of rotatable bonds is 7. The minimum Gasteiger partial charge on any atom is -0.316 e. The standard InChI is InChI=1S/C14H26N2O2S/c17-19(18,11-14-2-1-7-15-8-14)16(9-12-3-4-12)10-13-5-6-13/h12-15H,1-11H2. The Hall–Kier alpha value is -0.130. The summed E-state index contributed by atoms with van der Waals surface area (Å²) in [5.74, 6) is 1.98. The summed E-state index contributed by atoms with van der Waals surface area (Å²) >= 11 is 0. The van der Waals surface area contributed by atoms with Crippen LogP contribution in [-0.2, 0) is 10.0 Å². The maximum Gasteiger partial charge on any atom is 0.214 e. The van der Waals surface area contributed by atoms with Crippen molar-refractivity contribution in [3.8, 4) is 0 Å². The Bertz CT molecular complexity index is 382. The zero-order valence-corrected chi connectivity index (χ0v) is 12.5. The van der Waals surface area contributed by atoms with Crippen molar-refractivity contribution in [2.45, 2.75) is 38.5 Å². The zero-order valence-electron chi connectivity index (χ0n) is 11.7. The minimum absolute atomic E-state index is 0.319. The molecule has 0 amide bonds. The number of piperidine rings is 1. The van der Waals surface area contributed by atoms with Gasteiger partial charge in [-0.2, -0.15) is 0 Å². The van der Waals surface area contributed by atoms with E-state index in [2.05, 4.69) is 5.32 Å². The molecule has 0 spiro atoms. The Morgan fingerprint density at radius 2 is 1.58 bits per heavy atom. The predicted octanol–water partition coefficient (Wildman–Crippen LogP) is 1.44. The van der Waals surface area contributed by atoms with E-state index in [0.29, 0.717) is 23.5 Å². The molecule has 0 radical (unpaired) electrons. The Balaban J connectivity index is 1.59. The number of sulfonamides is 1. The third-order valence-corrected chi connectivity index (χ3v) is 6.53. The quantitative estimate of drug-likeness (QED) is 0.770. The first-order valence-electron chi connectivity index (χ1n) is 7.82. The smallest absolute Gasteiger partial charge is 0.214 e. The van der Waals surface area contributed by atoms with Gasteiger partial charge in [-0.15, -0.1) is 0 Å². The molecule has 0 bridgehead atoms. The Kier molecular flexibility index (Phi) is 4.15. The van der Waals surface area contributed by atoms with Crippen LogP contribution in [0.5, 0.6) is 0 Å². The van der Waals surface area contributed by atoms with E-state index in [1.54, 1.807) is 0 Å². The number of hydrogen-bond donors (Lipinski definition) is 1. The predicted molar refractivity (Wildman–Crippen MR) is 76.4 cm³/mol. The maximum atomic E-state index is 12.6. The van der Waals surface area contributed by atoms with E-state index < -0.39 is 10.0 Å². The van der Waals surface area contributed by atoms with Crippen LogP contribution >= 0.6 is 0 Å². The molecule has 0 aromatic rings. The molecule has 3 fully saturated rings. The van der Waals surface area contributed by atoms with Gasteiger partial charge in [0.2, 0.25) is 10.0 Å². The highest BCUT2D eigenvalue weighted by atomic mass is 32.2. The van der Waals surface area contributed by atoms with Gasteiger partial charge in [-0.05, 0) is 69.4 Å². The van der Waals surface area contributed by atoms with Gasteiger partial charge in [-0.1, -0.05) is 0 Å². The molecule has 3 aliphatic rings. The molecule has 1 saturated heterocycles. The molecule has 1 aliphatic heterocycles. The summed E-state index contributed by atoms with van der Waals surface area (Å²) in [4.78, 5) is 0. The first kappa shape index (κ1) is 13.8. The molecule has 0 aromatic heterocycles. The number of hydrogen-bond acceptors (Lipinski definition) is 3. The summed E-state index contributed by atoms with van der Waals surface area (Å²) in [6, 6.07) is 0. The average molecular weight is 286 g/mol. The molecule has 110 valence electrons. The fraction of sp³-hybridized carbons (Fsp3) is 1.00. The van der Waals surface area contributed by atoms with Gasteiger partial charge in [0.1, 0.15) is 0 Å². The average Bonchev–Trinajstić information content (AvgIpc) is 3.24. The molecule has 2 aliphatic carbocycles. The number of nitrogens with one attached hydrogen (secondary N) is 1. The lowest BCUT2D eigenvalue weighted by Crippen LogP contribution is -2.41. The molecule has 2 saturated carbocycles. The fourth-order valence-corrected chi connectivity index (χ4v) is 4.91. The van der Waals surface area contributed by atoms with Crippen LogP contribution in [0.25, 0.3) is 0 Å². The summed E-state index contributed by atoms with van der Waals surface area (Å²) in [7, 11) is -3.04. The highest BCUT2D eigenvalue weighted by molar-refractivity contribution is 7.89. The molecule has 1 unspecified atom stereocenters. The highest BCUT2D eigenvalue weighted by Gasteiger charge is 2.35. The van der Waals surface area contributed by atoms with E-state index in [0.717, 1.165) is 39.0 Å². The van der Waals surface area contributed by atoms with Crippen molar-refractivity contribution in [1.82, 2.24) is 9.62 Å². The van der Waals surface area contributed by atoms with Gasteiger partial charge >= 0.3 is 0 Å². The van der Waals surface area contributed by atoms with Crippen molar-refractivity contribution in [3.05, 3.63) is 0 Å². The molecule has 5 heteroatoms. The monoisotopic (exact) mass is 286 g/mol. The van der Waals surface area contributed by atoms with Crippen LogP contribution in [0.1, 0.15) is 38.5 Å². The van der Waals surface area contributed by atoms with E-state index in [1.807, 2.05) is 4.31 Å². The van der Waals surface area contributed by atoms with Crippen LogP contribution in [0, 0.1) is 17.8 Å². The van der Waals surface area contributed by atoms with Crippen molar-refractivity contribution in [1.29, 1.82) is 0 Å². The molecular weight excluding hydrogens is 260 g/mol. The summed E-state index contributed by atoms with van der Waals surface area (Å²) in [6.07, 6.45) is 7.07. The van der Waals surface area contributed by atoms with Crippen molar-refractivity contribution < 1.29 is 8.42 Å². The third kappa shape index (κ3) is 4.17. The van der Waals surface area contributed by atoms with Crippen LogP contribution in [0.4, 0.5) is 0 Å². The number of nitrogens with zero attached hydrogens (tertiary/aromatic N) is 1. The first-order chi connectivity index (χ1) is 9.13. The lowest BCUT2D eigenvalue weighted by atomic mass is 10.0.